The van der Waals surface area contributed by atoms with Gasteiger partial charge in [0.15, 0.2) is 0 Å². The quantitative estimate of drug-likeness (QED) is 0.0653. The van der Waals surface area contributed by atoms with Crippen LogP contribution in [0.3, 0.4) is 0 Å². The molecule has 0 unspecified atom stereocenters. The SMILES string of the molecule is CCCCCCC=CCCCCCCCCC/C=C/CCCCCCCCCCCCCCCCC. The average molecular weight is 503 g/mol. The van der Waals surface area contributed by atoms with Gasteiger partial charge in [0.2, 0.25) is 0 Å². The van der Waals surface area contributed by atoms with Crippen molar-refractivity contribution in [3.8, 4) is 0 Å². The highest BCUT2D eigenvalue weighted by atomic mass is 14.0. The summed E-state index contributed by atoms with van der Waals surface area (Å²) >= 11 is 0. The summed E-state index contributed by atoms with van der Waals surface area (Å²) in [5.74, 6) is 0. The highest BCUT2D eigenvalue weighted by Crippen LogP contribution is 2.14. The minimum atomic E-state index is 1.30. The van der Waals surface area contributed by atoms with Crippen LogP contribution in [0.5, 0.6) is 0 Å². The number of rotatable bonds is 31. The number of allylic oxidation sites excluding steroid dienone is 4. The van der Waals surface area contributed by atoms with Gasteiger partial charge in [-0.3, -0.25) is 0 Å². The summed E-state index contributed by atoms with van der Waals surface area (Å²) in [7, 11) is 0. The summed E-state index contributed by atoms with van der Waals surface area (Å²) in [6, 6.07) is 0. The molecule has 0 rings (SSSR count). The Hall–Kier alpha value is -0.520. The van der Waals surface area contributed by atoms with E-state index in [-0.39, 0.29) is 0 Å². The summed E-state index contributed by atoms with van der Waals surface area (Å²) in [5.41, 5.74) is 0. The zero-order valence-electron chi connectivity index (χ0n) is 25.5. The standard InChI is InChI=1S/C36H70/c1-3-5-7-9-11-13-15-17-19-21-23-25-27-29-31-33-35-36-34-32-30-28-26-24-22-20-18-16-14-12-10-8-6-4-2/h13,15,35-36H,3-12,14,16-34H2,1-2H3/b15-13?,36-35+. The van der Waals surface area contributed by atoms with Crippen LogP contribution in [0.15, 0.2) is 24.3 Å². The summed E-state index contributed by atoms with van der Waals surface area (Å²) < 4.78 is 0. The van der Waals surface area contributed by atoms with Gasteiger partial charge in [-0.2, -0.15) is 0 Å². The van der Waals surface area contributed by atoms with Crippen LogP contribution >= 0.6 is 0 Å². The molecular formula is C36H70. The van der Waals surface area contributed by atoms with Gasteiger partial charge in [-0.15, -0.1) is 0 Å². The normalized spacial score (nSPS) is 11.9. The van der Waals surface area contributed by atoms with Crippen molar-refractivity contribution in [1.29, 1.82) is 0 Å². The molecule has 0 saturated heterocycles. The Labute approximate surface area is 230 Å². The van der Waals surface area contributed by atoms with Gasteiger partial charge in [-0.1, -0.05) is 179 Å². The van der Waals surface area contributed by atoms with Crippen LogP contribution in [-0.2, 0) is 0 Å². The molecule has 0 radical (unpaired) electrons. The van der Waals surface area contributed by atoms with Crippen molar-refractivity contribution in [2.75, 3.05) is 0 Å². The third kappa shape index (κ3) is 33.5. The molecule has 0 atom stereocenters. The predicted molar refractivity (Wildman–Crippen MR) is 168 cm³/mol. The molecule has 0 bridgehead atoms. The van der Waals surface area contributed by atoms with E-state index >= 15 is 0 Å². The average Bonchev–Trinajstić information content (AvgIpc) is 2.89. The second kappa shape index (κ2) is 34.5. The molecule has 36 heavy (non-hydrogen) atoms. The largest absolute Gasteiger partial charge is 0.0885 e. The molecule has 0 aliphatic heterocycles. The van der Waals surface area contributed by atoms with Gasteiger partial charge in [-0.25, -0.2) is 0 Å². The molecule has 0 aromatic rings. The second-order valence-electron chi connectivity index (χ2n) is 11.6. The van der Waals surface area contributed by atoms with Gasteiger partial charge in [0, 0.05) is 0 Å². The lowest BCUT2D eigenvalue weighted by atomic mass is 10.0. The van der Waals surface area contributed by atoms with Crippen LogP contribution in [0.2, 0.25) is 0 Å². The molecule has 0 spiro atoms. The lowest BCUT2D eigenvalue weighted by Gasteiger charge is -2.03. The fourth-order valence-electron chi connectivity index (χ4n) is 5.20. The predicted octanol–water partition coefficient (Wildman–Crippen LogP) is 13.8. The van der Waals surface area contributed by atoms with Crippen LogP contribution in [0.4, 0.5) is 0 Å². The van der Waals surface area contributed by atoms with E-state index < -0.39 is 0 Å². The van der Waals surface area contributed by atoms with Gasteiger partial charge in [-0.05, 0) is 51.4 Å². The fourth-order valence-corrected chi connectivity index (χ4v) is 5.20. The number of hydrogen-bond acceptors (Lipinski definition) is 0. The Bertz CT molecular complexity index is 418. The van der Waals surface area contributed by atoms with Gasteiger partial charge in [0.05, 0.1) is 0 Å². The zero-order chi connectivity index (χ0) is 26.0. The maximum atomic E-state index is 2.46. The summed E-state index contributed by atoms with van der Waals surface area (Å²) in [6.07, 6.45) is 52.4. The topological polar surface area (TPSA) is 0 Å². The molecule has 0 aliphatic carbocycles. The van der Waals surface area contributed by atoms with Crippen LogP contribution in [0, 0.1) is 0 Å². The highest BCUT2D eigenvalue weighted by Gasteiger charge is 1.95. The van der Waals surface area contributed by atoms with Crippen molar-refractivity contribution in [2.45, 2.75) is 206 Å². The van der Waals surface area contributed by atoms with Crippen molar-refractivity contribution in [2.24, 2.45) is 0 Å². The monoisotopic (exact) mass is 503 g/mol. The Morgan fingerprint density at radius 3 is 0.611 bits per heavy atom. The first-order valence-corrected chi connectivity index (χ1v) is 17.2. The second-order valence-corrected chi connectivity index (χ2v) is 11.6. The molecule has 0 heterocycles. The third-order valence-electron chi connectivity index (χ3n) is 7.77. The fraction of sp³-hybridized carbons (Fsp3) is 0.889. The molecule has 0 fully saturated rings. The van der Waals surface area contributed by atoms with Crippen LogP contribution in [0.1, 0.15) is 206 Å². The van der Waals surface area contributed by atoms with Crippen LogP contribution in [-0.4, -0.2) is 0 Å². The first-order chi connectivity index (χ1) is 17.9. The van der Waals surface area contributed by atoms with E-state index in [9.17, 15) is 0 Å². The van der Waals surface area contributed by atoms with E-state index in [4.69, 9.17) is 0 Å². The third-order valence-corrected chi connectivity index (χ3v) is 7.77. The van der Waals surface area contributed by atoms with Crippen LogP contribution in [0.25, 0.3) is 0 Å². The van der Waals surface area contributed by atoms with Crippen molar-refractivity contribution < 1.29 is 0 Å². The molecule has 0 nitrogen and oxygen atoms in total. The molecule has 0 aromatic carbocycles. The van der Waals surface area contributed by atoms with E-state index in [1.165, 1.54) is 193 Å². The number of unbranched alkanes of at least 4 members (excludes halogenated alkanes) is 27. The first-order valence-electron chi connectivity index (χ1n) is 17.2. The van der Waals surface area contributed by atoms with Gasteiger partial charge >= 0.3 is 0 Å². The molecule has 0 N–H and O–H groups in total. The Morgan fingerprint density at radius 1 is 0.222 bits per heavy atom. The summed E-state index contributed by atoms with van der Waals surface area (Å²) in [4.78, 5) is 0. The Kier molecular flexibility index (Phi) is 34.0. The van der Waals surface area contributed by atoms with E-state index in [0.717, 1.165) is 0 Å². The van der Waals surface area contributed by atoms with Crippen molar-refractivity contribution in [1.82, 2.24) is 0 Å². The maximum absolute atomic E-state index is 2.46. The highest BCUT2D eigenvalue weighted by molar-refractivity contribution is 4.82. The minimum Gasteiger partial charge on any atom is -0.0885 e. The van der Waals surface area contributed by atoms with E-state index in [1.54, 1.807) is 0 Å². The first kappa shape index (κ1) is 35.5. The van der Waals surface area contributed by atoms with E-state index in [2.05, 4.69) is 38.2 Å². The molecule has 0 aromatic heterocycles. The van der Waals surface area contributed by atoms with Gasteiger partial charge in [0.25, 0.3) is 0 Å². The number of hydrogen-bond donors (Lipinski definition) is 0. The molecule has 0 amide bonds. The minimum absolute atomic E-state index is 1.30. The van der Waals surface area contributed by atoms with Gasteiger partial charge < -0.3 is 0 Å². The van der Waals surface area contributed by atoms with Gasteiger partial charge in [0.1, 0.15) is 0 Å². The zero-order valence-corrected chi connectivity index (χ0v) is 25.5. The maximum Gasteiger partial charge on any atom is -0.0351 e. The lowest BCUT2D eigenvalue weighted by Crippen LogP contribution is -1.83. The molecular weight excluding hydrogens is 432 g/mol. The Balaban J connectivity index is 3.11. The van der Waals surface area contributed by atoms with E-state index in [0.29, 0.717) is 0 Å². The smallest absolute Gasteiger partial charge is 0.0351 e. The lowest BCUT2D eigenvalue weighted by molar-refractivity contribution is 0.533. The van der Waals surface area contributed by atoms with E-state index in [1.807, 2.05) is 0 Å². The molecule has 214 valence electrons. The molecule has 0 heteroatoms. The summed E-state index contributed by atoms with van der Waals surface area (Å²) in [5, 5.41) is 0. The van der Waals surface area contributed by atoms with Crippen molar-refractivity contribution in [3.05, 3.63) is 24.3 Å². The summed E-state index contributed by atoms with van der Waals surface area (Å²) in [6.45, 7) is 4.59. The molecule has 0 aliphatic rings. The van der Waals surface area contributed by atoms with Crippen LogP contribution < -0.4 is 0 Å². The van der Waals surface area contributed by atoms with Crippen molar-refractivity contribution >= 4 is 0 Å². The molecule has 0 saturated carbocycles. The van der Waals surface area contributed by atoms with Crippen molar-refractivity contribution in [3.63, 3.8) is 0 Å². The Morgan fingerprint density at radius 2 is 0.389 bits per heavy atom.